The summed E-state index contributed by atoms with van der Waals surface area (Å²) in [6, 6.07) is 0. The lowest BCUT2D eigenvalue weighted by Gasteiger charge is -2.27. The molecule has 1 aromatic heterocycles. The molecule has 0 saturated carbocycles. The molecule has 1 aromatic rings. The smallest absolute Gasteiger partial charge is 0.236 e. The molecule has 1 saturated heterocycles. The molecular formula is C13H23N7O. The van der Waals surface area contributed by atoms with Crippen LogP contribution in [0.15, 0.2) is 0 Å². The Labute approximate surface area is 124 Å². The fraction of sp³-hybridized carbons (Fsp3) is 0.692. The van der Waals surface area contributed by atoms with Crippen molar-refractivity contribution in [1.29, 1.82) is 0 Å². The highest BCUT2D eigenvalue weighted by Crippen LogP contribution is 2.18. The van der Waals surface area contributed by atoms with E-state index in [4.69, 9.17) is 5.73 Å². The quantitative estimate of drug-likeness (QED) is 0.674. The molecule has 0 aliphatic carbocycles. The minimum absolute atomic E-state index is 0.0106. The minimum Gasteiger partial charge on any atom is -0.368 e. The lowest BCUT2D eigenvalue weighted by molar-refractivity contribution is -0.116. The molecule has 0 aromatic carbocycles. The first-order valence-electron chi connectivity index (χ1n) is 7.46. The van der Waals surface area contributed by atoms with Crippen LogP contribution in [-0.2, 0) is 4.79 Å². The summed E-state index contributed by atoms with van der Waals surface area (Å²) >= 11 is 0. The van der Waals surface area contributed by atoms with Crippen LogP contribution < -0.4 is 21.3 Å². The largest absolute Gasteiger partial charge is 0.368 e. The lowest BCUT2D eigenvalue weighted by atomic mass is 10.1. The molecule has 0 unspecified atom stereocenters. The zero-order chi connectivity index (χ0) is 15.1. The van der Waals surface area contributed by atoms with Crippen LogP contribution in [0.3, 0.4) is 0 Å². The molecule has 0 bridgehead atoms. The van der Waals surface area contributed by atoms with E-state index in [0.717, 1.165) is 38.9 Å². The number of carbonyl (C=O) groups excluding carboxylic acids is 1. The van der Waals surface area contributed by atoms with Crippen LogP contribution in [0.25, 0.3) is 0 Å². The van der Waals surface area contributed by atoms with Crippen molar-refractivity contribution in [2.45, 2.75) is 32.6 Å². The van der Waals surface area contributed by atoms with Crippen molar-refractivity contribution in [3.05, 3.63) is 0 Å². The monoisotopic (exact) mass is 293 g/mol. The Morgan fingerprint density at radius 2 is 1.81 bits per heavy atom. The summed E-state index contributed by atoms with van der Waals surface area (Å²) in [6.07, 6.45) is 4.52. The van der Waals surface area contributed by atoms with Crippen LogP contribution in [-0.4, -0.2) is 47.0 Å². The Kier molecular flexibility index (Phi) is 5.53. The molecule has 116 valence electrons. The average molecular weight is 293 g/mol. The van der Waals surface area contributed by atoms with Gasteiger partial charge in [0.2, 0.25) is 23.8 Å². The molecule has 0 atom stereocenters. The maximum atomic E-state index is 10.9. The van der Waals surface area contributed by atoms with Crippen molar-refractivity contribution < 1.29 is 4.79 Å². The maximum absolute atomic E-state index is 10.9. The number of amides is 1. The highest BCUT2D eigenvalue weighted by molar-refractivity contribution is 5.78. The van der Waals surface area contributed by atoms with Gasteiger partial charge in [0, 0.05) is 19.6 Å². The van der Waals surface area contributed by atoms with Gasteiger partial charge in [-0.1, -0.05) is 6.92 Å². The van der Waals surface area contributed by atoms with E-state index in [9.17, 15) is 4.79 Å². The van der Waals surface area contributed by atoms with Crippen LogP contribution in [0.5, 0.6) is 0 Å². The molecule has 8 heteroatoms. The van der Waals surface area contributed by atoms with Gasteiger partial charge in [-0.3, -0.25) is 4.79 Å². The number of anilines is 3. The SMILES string of the molecule is CCCNc1nc(NCC(N)=O)nc(N2CCCCC2)n1. The van der Waals surface area contributed by atoms with Crippen molar-refractivity contribution >= 4 is 23.8 Å². The molecule has 4 N–H and O–H groups in total. The van der Waals surface area contributed by atoms with Gasteiger partial charge in [-0.2, -0.15) is 15.0 Å². The number of hydrogen-bond acceptors (Lipinski definition) is 7. The fourth-order valence-electron chi connectivity index (χ4n) is 2.16. The van der Waals surface area contributed by atoms with Crippen LogP contribution >= 0.6 is 0 Å². The van der Waals surface area contributed by atoms with Crippen LogP contribution in [0.1, 0.15) is 32.6 Å². The van der Waals surface area contributed by atoms with Crippen molar-refractivity contribution in [3.8, 4) is 0 Å². The summed E-state index contributed by atoms with van der Waals surface area (Å²) in [5.74, 6) is 1.11. The predicted molar refractivity (Wildman–Crippen MR) is 82.4 cm³/mol. The van der Waals surface area contributed by atoms with Crippen molar-refractivity contribution in [1.82, 2.24) is 15.0 Å². The second-order valence-corrected chi connectivity index (χ2v) is 5.08. The number of piperidine rings is 1. The molecule has 1 amide bonds. The Bertz CT molecular complexity index is 474. The highest BCUT2D eigenvalue weighted by atomic mass is 16.1. The first-order chi connectivity index (χ1) is 10.2. The molecule has 8 nitrogen and oxygen atoms in total. The number of hydrogen-bond donors (Lipinski definition) is 3. The van der Waals surface area contributed by atoms with E-state index in [1.54, 1.807) is 0 Å². The van der Waals surface area contributed by atoms with E-state index in [0.29, 0.717) is 17.8 Å². The van der Waals surface area contributed by atoms with Gasteiger partial charge in [-0.25, -0.2) is 0 Å². The fourth-order valence-corrected chi connectivity index (χ4v) is 2.16. The van der Waals surface area contributed by atoms with E-state index >= 15 is 0 Å². The third-order valence-electron chi connectivity index (χ3n) is 3.22. The standard InChI is InChI=1S/C13H23N7O/c1-2-6-15-11-17-12(16-9-10(14)21)19-13(18-11)20-7-4-3-5-8-20/h2-9H2,1H3,(H2,14,21)(H2,15,16,17,18,19). The minimum atomic E-state index is -0.446. The normalized spacial score (nSPS) is 14.8. The summed E-state index contributed by atoms with van der Waals surface area (Å²) in [7, 11) is 0. The lowest BCUT2D eigenvalue weighted by Crippen LogP contribution is -2.32. The van der Waals surface area contributed by atoms with Crippen LogP contribution in [0.2, 0.25) is 0 Å². The number of primary amides is 1. The highest BCUT2D eigenvalue weighted by Gasteiger charge is 2.16. The Balaban J connectivity index is 2.16. The van der Waals surface area contributed by atoms with E-state index < -0.39 is 5.91 Å². The maximum Gasteiger partial charge on any atom is 0.236 e. The van der Waals surface area contributed by atoms with Crippen molar-refractivity contribution in [2.24, 2.45) is 5.73 Å². The molecule has 21 heavy (non-hydrogen) atoms. The average Bonchev–Trinajstić information content (AvgIpc) is 2.51. The summed E-state index contributed by atoms with van der Waals surface area (Å²) in [5.41, 5.74) is 5.14. The molecule has 1 aliphatic rings. The van der Waals surface area contributed by atoms with E-state index in [1.807, 2.05) is 0 Å². The second-order valence-electron chi connectivity index (χ2n) is 5.08. The number of rotatable bonds is 7. The zero-order valence-corrected chi connectivity index (χ0v) is 12.4. The van der Waals surface area contributed by atoms with Crippen molar-refractivity contribution in [2.75, 3.05) is 41.7 Å². The molecule has 2 heterocycles. The number of nitrogens with zero attached hydrogens (tertiary/aromatic N) is 4. The van der Waals surface area contributed by atoms with Gasteiger partial charge >= 0.3 is 0 Å². The van der Waals surface area contributed by atoms with Crippen molar-refractivity contribution in [3.63, 3.8) is 0 Å². The van der Waals surface area contributed by atoms with Crippen LogP contribution in [0.4, 0.5) is 17.8 Å². The molecular weight excluding hydrogens is 270 g/mol. The van der Waals surface area contributed by atoms with Gasteiger partial charge in [-0.15, -0.1) is 0 Å². The van der Waals surface area contributed by atoms with Gasteiger partial charge < -0.3 is 21.3 Å². The third kappa shape index (κ3) is 4.73. The van der Waals surface area contributed by atoms with E-state index in [2.05, 4.69) is 37.4 Å². The van der Waals surface area contributed by atoms with Gasteiger partial charge in [0.25, 0.3) is 0 Å². The first kappa shape index (κ1) is 15.3. The second kappa shape index (κ2) is 7.61. The molecule has 0 spiro atoms. The van der Waals surface area contributed by atoms with Gasteiger partial charge in [0.1, 0.15) is 0 Å². The predicted octanol–water partition coefficient (Wildman–Crippen LogP) is 0.581. The summed E-state index contributed by atoms with van der Waals surface area (Å²) in [6.45, 7) is 4.78. The topological polar surface area (TPSA) is 109 Å². The Morgan fingerprint density at radius 1 is 1.14 bits per heavy atom. The van der Waals surface area contributed by atoms with E-state index in [1.165, 1.54) is 6.42 Å². The number of aromatic nitrogens is 3. The number of carbonyl (C=O) groups is 1. The molecule has 2 rings (SSSR count). The number of nitrogens with one attached hydrogen (secondary N) is 2. The molecule has 1 fully saturated rings. The zero-order valence-electron chi connectivity index (χ0n) is 12.4. The third-order valence-corrected chi connectivity index (χ3v) is 3.22. The van der Waals surface area contributed by atoms with Gasteiger partial charge in [-0.05, 0) is 25.7 Å². The van der Waals surface area contributed by atoms with Gasteiger partial charge in [0.15, 0.2) is 0 Å². The van der Waals surface area contributed by atoms with Crippen LogP contribution in [0, 0.1) is 0 Å². The van der Waals surface area contributed by atoms with Gasteiger partial charge in [0.05, 0.1) is 6.54 Å². The molecule has 1 aliphatic heterocycles. The Morgan fingerprint density at radius 3 is 2.43 bits per heavy atom. The Hall–Kier alpha value is -2.12. The number of nitrogens with two attached hydrogens (primary N) is 1. The molecule has 0 radical (unpaired) electrons. The summed E-state index contributed by atoms with van der Waals surface area (Å²) in [5, 5.41) is 5.99. The first-order valence-corrected chi connectivity index (χ1v) is 7.46. The van der Waals surface area contributed by atoms with E-state index in [-0.39, 0.29) is 6.54 Å². The summed E-state index contributed by atoms with van der Waals surface area (Å²) in [4.78, 5) is 26.1. The summed E-state index contributed by atoms with van der Waals surface area (Å²) < 4.78 is 0.